The molecular formula is C17H24O2. The highest BCUT2D eigenvalue weighted by molar-refractivity contribution is 5.71. The maximum atomic E-state index is 11.5. The fourth-order valence-corrected chi connectivity index (χ4v) is 3.29. The maximum absolute atomic E-state index is 11.5. The number of hydrogen-bond acceptors (Lipinski definition) is 1. The van der Waals surface area contributed by atoms with E-state index in [-0.39, 0.29) is 11.8 Å². The van der Waals surface area contributed by atoms with E-state index in [9.17, 15) is 9.90 Å². The lowest BCUT2D eigenvalue weighted by Crippen LogP contribution is -2.31. The van der Waals surface area contributed by atoms with Crippen LogP contribution in [0.25, 0.3) is 0 Å². The normalized spacial score (nSPS) is 27.5. The van der Waals surface area contributed by atoms with Gasteiger partial charge in [0, 0.05) is 0 Å². The van der Waals surface area contributed by atoms with Gasteiger partial charge in [0.1, 0.15) is 0 Å². The minimum atomic E-state index is -0.632. The van der Waals surface area contributed by atoms with E-state index in [0.29, 0.717) is 11.8 Å². The molecule has 1 saturated carbocycles. The number of aliphatic carboxylic acids is 1. The highest BCUT2D eigenvalue weighted by atomic mass is 16.4. The second-order valence-electron chi connectivity index (χ2n) is 6.28. The monoisotopic (exact) mass is 260 g/mol. The number of hydrogen-bond donors (Lipinski definition) is 1. The van der Waals surface area contributed by atoms with E-state index in [1.54, 1.807) is 0 Å². The molecule has 1 aliphatic rings. The number of rotatable bonds is 3. The Morgan fingerprint density at radius 3 is 2.37 bits per heavy atom. The molecule has 1 aromatic carbocycles. The van der Waals surface area contributed by atoms with Gasteiger partial charge in [-0.1, -0.05) is 43.7 Å². The topological polar surface area (TPSA) is 37.3 Å². The molecule has 2 rings (SSSR count). The van der Waals surface area contributed by atoms with E-state index in [1.165, 1.54) is 11.1 Å². The third-order valence-electron chi connectivity index (χ3n) is 4.66. The molecule has 0 bridgehead atoms. The molecule has 1 aromatic rings. The van der Waals surface area contributed by atoms with Crippen molar-refractivity contribution in [2.45, 2.75) is 46.0 Å². The SMILES string of the molecule is Cc1ccc(C2CC(C(C)C)CCC2C(=O)O)cc1. The van der Waals surface area contributed by atoms with Crippen LogP contribution in [0.15, 0.2) is 24.3 Å². The second-order valence-corrected chi connectivity index (χ2v) is 6.28. The highest BCUT2D eigenvalue weighted by Crippen LogP contribution is 2.43. The molecule has 0 aromatic heterocycles. The molecule has 3 atom stereocenters. The van der Waals surface area contributed by atoms with Crippen molar-refractivity contribution in [1.82, 2.24) is 0 Å². The van der Waals surface area contributed by atoms with Crippen LogP contribution >= 0.6 is 0 Å². The molecule has 3 unspecified atom stereocenters. The van der Waals surface area contributed by atoms with Crippen LogP contribution < -0.4 is 0 Å². The van der Waals surface area contributed by atoms with Crippen LogP contribution in [0, 0.1) is 24.7 Å². The van der Waals surface area contributed by atoms with Crippen LogP contribution in [0.3, 0.4) is 0 Å². The minimum absolute atomic E-state index is 0.180. The first-order chi connectivity index (χ1) is 8.99. The third-order valence-corrected chi connectivity index (χ3v) is 4.66. The van der Waals surface area contributed by atoms with Crippen molar-refractivity contribution in [1.29, 1.82) is 0 Å². The molecule has 0 saturated heterocycles. The van der Waals surface area contributed by atoms with Gasteiger partial charge in [-0.15, -0.1) is 0 Å². The summed E-state index contributed by atoms with van der Waals surface area (Å²) >= 11 is 0. The number of carboxylic acids is 1. The van der Waals surface area contributed by atoms with E-state index < -0.39 is 5.97 Å². The van der Waals surface area contributed by atoms with Gasteiger partial charge < -0.3 is 5.11 Å². The Morgan fingerprint density at radius 2 is 1.84 bits per heavy atom. The lowest BCUT2D eigenvalue weighted by Gasteiger charge is -2.36. The molecule has 104 valence electrons. The van der Waals surface area contributed by atoms with Crippen LogP contribution in [-0.4, -0.2) is 11.1 Å². The molecule has 0 radical (unpaired) electrons. The molecule has 0 aliphatic heterocycles. The van der Waals surface area contributed by atoms with Crippen LogP contribution in [0.2, 0.25) is 0 Å². The van der Waals surface area contributed by atoms with Crippen molar-refractivity contribution in [2.75, 3.05) is 0 Å². The van der Waals surface area contributed by atoms with Crippen molar-refractivity contribution >= 4 is 5.97 Å². The summed E-state index contributed by atoms with van der Waals surface area (Å²) in [6.07, 6.45) is 2.88. The molecule has 0 spiro atoms. The molecule has 1 fully saturated rings. The first kappa shape index (κ1) is 14.1. The van der Waals surface area contributed by atoms with Gasteiger partial charge in [0.2, 0.25) is 0 Å². The van der Waals surface area contributed by atoms with Crippen molar-refractivity contribution < 1.29 is 9.90 Å². The highest BCUT2D eigenvalue weighted by Gasteiger charge is 2.36. The van der Waals surface area contributed by atoms with Gasteiger partial charge in [0.25, 0.3) is 0 Å². The van der Waals surface area contributed by atoms with E-state index in [0.717, 1.165) is 19.3 Å². The zero-order valence-corrected chi connectivity index (χ0v) is 12.1. The number of aryl methyl sites for hydroxylation is 1. The Kier molecular flexibility index (Phi) is 4.28. The molecular weight excluding hydrogens is 236 g/mol. The summed E-state index contributed by atoms with van der Waals surface area (Å²) in [6.45, 7) is 6.56. The van der Waals surface area contributed by atoms with Crippen molar-refractivity contribution in [3.05, 3.63) is 35.4 Å². The maximum Gasteiger partial charge on any atom is 0.307 e. The van der Waals surface area contributed by atoms with Gasteiger partial charge >= 0.3 is 5.97 Å². The minimum Gasteiger partial charge on any atom is -0.481 e. The summed E-state index contributed by atoms with van der Waals surface area (Å²) < 4.78 is 0. The summed E-state index contributed by atoms with van der Waals surface area (Å²) in [7, 11) is 0. The van der Waals surface area contributed by atoms with E-state index in [2.05, 4.69) is 45.0 Å². The van der Waals surface area contributed by atoms with Crippen molar-refractivity contribution in [3.63, 3.8) is 0 Å². The summed E-state index contributed by atoms with van der Waals surface area (Å²) in [6, 6.07) is 8.40. The average molecular weight is 260 g/mol. The van der Waals surface area contributed by atoms with Gasteiger partial charge in [-0.3, -0.25) is 4.79 Å². The summed E-state index contributed by atoms with van der Waals surface area (Å²) in [5, 5.41) is 9.45. The second kappa shape index (κ2) is 5.77. The first-order valence-corrected chi connectivity index (χ1v) is 7.28. The zero-order chi connectivity index (χ0) is 14.0. The number of benzene rings is 1. The molecule has 1 aliphatic carbocycles. The largest absolute Gasteiger partial charge is 0.481 e. The summed E-state index contributed by atoms with van der Waals surface area (Å²) in [5.41, 5.74) is 2.43. The Morgan fingerprint density at radius 1 is 1.21 bits per heavy atom. The molecule has 19 heavy (non-hydrogen) atoms. The predicted molar refractivity (Wildman–Crippen MR) is 77.2 cm³/mol. The number of carbonyl (C=O) groups is 1. The van der Waals surface area contributed by atoms with Crippen LogP contribution in [0.5, 0.6) is 0 Å². The third kappa shape index (κ3) is 3.17. The summed E-state index contributed by atoms with van der Waals surface area (Å²) in [4.78, 5) is 11.5. The van der Waals surface area contributed by atoms with Crippen LogP contribution in [0.4, 0.5) is 0 Å². The molecule has 2 heteroatoms. The smallest absolute Gasteiger partial charge is 0.307 e. The molecule has 2 nitrogen and oxygen atoms in total. The lowest BCUT2D eigenvalue weighted by atomic mass is 9.68. The van der Waals surface area contributed by atoms with Gasteiger partial charge in [0.05, 0.1) is 5.92 Å². The average Bonchev–Trinajstić information content (AvgIpc) is 2.38. The fraction of sp³-hybridized carbons (Fsp3) is 0.588. The molecule has 0 heterocycles. The number of carboxylic acid groups (broad SMARTS) is 1. The van der Waals surface area contributed by atoms with Gasteiger partial charge in [0.15, 0.2) is 0 Å². The van der Waals surface area contributed by atoms with E-state index in [4.69, 9.17) is 0 Å². The van der Waals surface area contributed by atoms with Crippen LogP contribution in [0.1, 0.15) is 50.2 Å². The predicted octanol–water partition coefficient (Wildman–Crippen LogP) is 4.24. The molecule has 0 amide bonds. The fourth-order valence-electron chi connectivity index (χ4n) is 3.29. The van der Waals surface area contributed by atoms with Crippen molar-refractivity contribution in [3.8, 4) is 0 Å². The molecule has 1 N–H and O–H groups in total. The van der Waals surface area contributed by atoms with E-state index >= 15 is 0 Å². The standard InChI is InChI=1S/C17H24O2/c1-11(2)14-8-9-15(17(18)19)16(10-14)13-6-4-12(3)5-7-13/h4-7,11,14-16H,8-10H2,1-3H3,(H,18,19). The van der Waals surface area contributed by atoms with Gasteiger partial charge in [-0.2, -0.15) is 0 Å². The lowest BCUT2D eigenvalue weighted by molar-refractivity contribution is -0.144. The Hall–Kier alpha value is -1.31. The van der Waals surface area contributed by atoms with E-state index in [1.807, 2.05) is 0 Å². The van der Waals surface area contributed by atoms with Gasteiger partial charge in [-0.05, 0) is 49.5 Å². The van der Waals surface area contributed by atoms with Gasteiger partial charge in [-0.25, -0.2) is 0 Å². The van der Waals surface area contributed by atoms with Crippen molar-refractivity contribution in [2.24, 2.45) is 17.8 Å². The Bertz CT molecular complexity index is 433. The van der Waals surface area contributed by atoms with Crippen LogP contribution in [-0.2, 0) is 4.79 Å². The first-order valence-electron chi connectivity index (χ1n) is 7.28. The summed E-state index contributed by atoms with van der Waals surface area (Å²) in [5.74, 6) is 0.634. The zero-order valence-electron chi connectivity index (χ0n) is 12.1. The quantitative estimate of drug-likeness (QED) is 0.882. The Balaban J connectivity index is 2.25. The Labute approximate surface area is 115 Å².